The molecule has 2 aliphatic rings. The van der Waals surface area contributed by atoms with Crippen molar-refractivity contribution in [2.75, 3.05) is 19.7 Å². The monoisotopic (exact) mass is 256 g/mol. The van der Waals surface area contributed by atoms with Crippen molar-refractivity contribution in [1.29, 1.82) is 0 Å². The normalized spacial score (nSPS) is 29.4. The van der Waals surface area contributed by atoms with E-state index in [-0.39, 0.29) is 11.8 Å². The molecule has 1 aromatic rings. The van der Waals surface area contributed by atoms with Crippen molar-refractivity contribution in [2.24, 2.45) is 0 Å². The molecule has 94 valence electrons. The second kappa shape index (κ2) is 4.40. The predicted octanol–water partition coefficient (Wildman–Crippen LogP) is 0.0972. The molecule has 0 bridgehead atoms. The average molecular weight is 256 g/mol. The number of ether oxygens (including phenoxy) is 1. The fourth-order valence-corrected chi connectivity index (χ4v) is 2.91. The fraction of sp³-hybridized carbons (Fsp3) is 0.800. The van der Waals surface area contributed by atoms with Crippen molar-refractivity contribution in [3.05, 3.63) is 15.3 Å². The third-order valence-corrected chi connectivity index (χ3v) is 3.94. The van der Waals surface area contributed by atoms with Gasteiger partial charge < -0.3 is 4.74 Å². The first-order chi connectivity index (χ1) is 8.24. The molecule has 2 unspecified atom stereocenters. The first kappa shape index (κ1) is 11.2. The third-order valence-electron chi connectivity index (χ3n) is 3.61. The van der Waals surface area contributed by atoms with Crippen LogP contribution in [0, 0.1) is 4.77 Å². The number of fused-ring (bicyclic) bond motifs is 1. The van der Waals surface area contributed by atoms with Gasteiger partial charge in [0, 0.05) is 12.6 Å². The maximum absolute atomic E-state index is 11.5. The molecule has 7 heteroatoms. The molecule has 0 aliphatic carbocycles. The summed E-state index contributed by atoms with van der Waals surface area (Å²) in [6, 6.07) is 0.587. The number of morpholine rings is 1. The number of nitrogens with zero attached hydrogens (tertiary/aromatic N) is 2. The number of aromatic amines is 2. The number of nitrogens with one attached hydrogen (secondary N) is 2. The Morgan fingerprint density at radius 3 is 3.12 bits per heavy atom. The van der Waals surface area contributed by atoms with Crippen LogP contribution >= 0.6 is 12.2 Å². The first-order valence-corrected chi connectivity index (χ1v) is 6.38. The van der Waals surface area contributed by atoms with Crippen molar-refractivity contribution in [3.8, 4) is 0 Å². The summed E-state index contributed by atoms with van der Waals surface area (Å²) < 4.78 is 7.76. The van der Waals surface area contributed by atoms with Gasteiger partial charge in [-0.1, -0.05) is 0 Å². The Hall–Kier alpha value is -0.920. The van der Waals surface area contributed by atoms with Crippen molar-refractivity contribution < 1.29 is 4.74 Å². The van der Waals surface area contributed by atoms with Gasteiger partial charge in [0.15, 0.2) is 4.77 Å². The van der Waals surface area contributed by atoms with E-state index in [4.69, 9.17) is 17.0 Å². The molecular formula is C10H16N4O2S. The minimum Gasteiger partial charge on any atom is -0.373 e. The van der Waals surface area contributed by atoms with Crippen LogP contribution in [-0.4, -0.2) is 51.5 Å². The second-order valence-electron chi connectivity index (χ2n) is 4.72. The highest BCUT2D eigenvalue weighted by molar-refractivity contribution is 7.71. The highest BCUT2D eigenvalue weighted by atomic mass is 32.1. The van der Waals surface area contributed by atoms with Gasteiger partial charge in [-0.25, -0.2) is 9.89 Å². The Balaban J connectivity index is 1.70. The zero-order chi connectivity index (χ0) is 11.8. The zero-order valence-electron chi connectivity index (χ0n) is 9.52. The SMILES string of the molecule is O=c1[nH][nH]c(=S)n1CC1CN2CCCC2CO1. The van der Waals surface area contributed by atoms with Crippen LogP contribution in [0.25, 0.3) is 0 Å². The zero-order valence-corrected chi connectivity index (χ0v) is 10.3. The Morgan fingerprint density at radius 2 is 2.35 bits per heavy atom. The molecule has 0 aromatic carbocycles. The Morgan fingerprint density at radius 1 is 1.47 bits per heavy atom. The van der Waals surface area contributed by atoms with Gasteiger partial charge in [0.1, 0.15) is 0 Å². The first-order valence-electron chi connectivity index (χ1n) is 5.97. The molecule has 0 amide bonds. The van der Waals surface area contributed by atoms with Crippen LogP contribution in [0.4, 0.5) is 0 Å². The maximum atomic E-state index is 11.5. The Bertz CT molecular complexity index is 477. The number of H-pyrrole nitrogens is 2. The van der Waals surface area contributed by atoms with E-state index in [1.54, 1.807) is 0 Å². The lowest BCUT2D eigenvalue weighted by atomic mass is 10.2. The van der Waals surface area contributed by atoms with E-state index < -0.39 is 0 Å². The van der Waals surface area contributed by atoms with Gasteiger partial charge in [-0.3, -0.25) is 14.6 Å². The Labute approximate surface area is 104 Å². The molecule has 3 heterocycles. The van der Waals surface area contributed by atoms with Crippen LogP contribution in [0.1, 0.15) is 12.8 Å². The quantitative estimate of drug-likeness (QED) is 0.736. The minimum atomic E-state index is -0.192. The fourth-order valence-electron chi connectivity index (χ4n) is 2.70. The van der Waals surface area contributed by atoms with Gasteiger partial charge in [0.25, 0.3) is 0 Å². The van der Waals surface area contributed by atoms with E-state index in [1.807, 2.05) is 0 Å². The largest absolute Gasteiger partial charge is 0.373 e. The minimum absolute atomic E-state index is 0.0629. The van der Waals surface area contributed by atoms with Crippen molar-refractivity contribution in [2.45, 2.75) is 31.5 Å². The molecule has 0 radical (unpaired) electrons. The molecule has 0 saturated carbocycles. The van der Waals surface area contributed by atoms with E-state index in [2.05, 4.69) is 15.1 Å². The van der Waals surface area contributed by atoms with Gasteiger partial charge in [0.05, 0.1) is 19.3 Å². The molecule has 2 saturated heterocycles. The molecule has 2 N–H and O–H groups in total. The van der Waals surface area contributed by atoms with Gasteiger partial charge >= 0.3 is 5.69 Å². The van der Waals surface area contributed by atoms with Crippen molar-refractivity contribution >= 4 is 12.2 Å². The van der Waals surface area contributed by atoms with Crippen molar-refractivity contribution in [1.82, 2.24) is 19.7 Å². The highest BCUT2D eigenvalue weighted by Gasteiger charge is 2.32. The standard InChI is InChI=1S/C10H16N4O2S/c15-9-11-12-10(17)14(9)5-8-4-13-3-1-2-7(13)6-16-8/h7-8H,1-6H2,(H,11,15)(H,12,17). The van der Waals surface area contributed by atoms with Gasteiger partial charge in [-0.2, -0.15) is 0 Å². The lowest BCUT2D eigenvalue weighted by Crippen LogP contribution is -2.48. The van der Waals surface area contributed by atoms with E-state index in [0.717, 1.165) is 19.7 Å². The molecule has 17 heavy (non-hydrogen) atoms. The molecule has 2 fully saturated rings. The lowest BCUT2D eigenvalue weighted by Gasteiger charge is -2.35. The number of hydrogen-bond donors (Lipinski definition) is 2. The van der Waals surface area contributed by atoms with Crippen LogP contribution in [0.2, 0.25) is 0 Å². The van der Waals surface area contributed by atoms with Gasteiger partial charge in [0.2, 0.25) is 0 Å². The van der Waals surface area contributed by atoms with Crippen molar-refractivity contribution in [3.63, 3.8) is 0 Å². The summed E-state index contributed by atoms with van der Waals surface area (Å²) in [6.07, 6.45) is 2.55. The summed E-state index contributed by atoms with van der Waals surface area (Å²) in [5, 5.41) is 5.13. The summed E-state index contributed by atoms with van der Waals surface area (Å²) in [5.74, 6) is 0. The molecular weight excluding hydrogens is 240 g/mol. The van der Waals surface area contributed by atoms with Crippen LogP contribution in [0.5, 0.6) is 0 Å². The molecule has 6 nitrogen and oxygen atoms in total. The van der Waals surface area contributed by atoms with E-state index in [9.17, 15) is 4.79 Å². The van der Waals surface area contributed by atoms with E-state index >= 15 is 0 Å². The summed E-state index contributed by atoms with van der Waals surface area (Å²) in [4.78, 5) is 13.9. The smallest absolute Gasteiger partial charge is 0.342 e. The highest BCUT2D eigenvalue weighted by Crippen LogP contribution is 2.22. The van der Waals surface area contributed by atoms with Crippen LogP contribution < -0.4 is 5.69 Å². The number of hydrogen-bond acceptors (Lipinski definition) is 4. The van der Waals surface area contributed by atoms with Crippen LogP contribution in [0.15, 0.2) is 4.79 Å². The van der Waals surface area contributed by atoms with E-state index in [0.29, 0.717) is 17.4 Å². The van der Waals surface area contributed by atoms with Crippen LogP contribution in [-0.2, 0) is 11.3 Å². The maximum Gasteiger partial charge on any atom is 0.342 e. The van der Waals surface area contributed by atoms with Crippen LogP contribution in [0.3, 0.4) is 0 Å². The second-order valence-corrected chi connectivity index (χ2v) is 5.10. The lowest BCUT2D eigenvalue weighted by molar-refractivity contribution is -0.0556. The summed E-state index contributed by atoms with van der Waals surface area (Å²) in [7, 11) is 0. The number of aromatic nitrogens is 3. The molecule has 2 aliphatic heterocycles. The Kier molecular flexibility index (Phi) is 2.89. The van der Waals surface area contributed by atoms with Gasteiger partial charge in [-0.05, 0) is 31.6 Å². The summed E-state index contributed by atoms with van der Waals surface area (Å²) in [6.45, 7) is 3.36. The molecule has 0 spiro atoms. The molecule has 3 rings (SSSR count). The summed E-state index contributed by atoms with van der Waals surface area (Å²) >= 11 is 5.04. The topological polar surface area (TPSA) is 66.0 Å². The summed E-state index contributed by atoms with van der Waals surface area (Å²) in [5.41, 5.74) is -0.192. The van der Waals surface area contributed by atoms with E-state index in [1.165, 1.54) is 17.4 Å². The third kappa shape index (κ3) is 2.10. The predicted molar refractivity (Wildman–Crippen MR) is 64.6 cm³/mol. The average Bonchev–Trinajstić information content (AvgIpc) is 2.90. The molecule has 1 aromatic heterocycles. The molecule has 2 atom stereocenters. The van der Waals surface area contributed by atoms with Gasteiger partial charge in [-0.15, -0.1) is 0 Å². The number of rotatable bonds is 2.